The highest BCUT2D eigenvalue weighted by Crippen LogP contribution is 2.27. The van der Waals surface area contributed by atoms with E-state index in [2.05, 4.69) is 0 Å². The van der Waals surface area contributed by atoms with Crippen molar-refractivity contribution in [2.45, 2.75) is 25.4 Å². The zero-order chi connectivity index (χ0) is 14.0. The van der Waals surface area contributed by atoms with Gasteiger partial charge in [0.1, 0.15) is 11.1 Å². The number of nitro benzene ring substituents is 1. The van der Waals surface area contributed by atoms with E-state index in [1.807, 2.05) is 4.90 Å². The highest BCUT2D eigenvalue weighted by atomic mass is 35.5. The predicted octanol–water partition coefficient (Wildman–Crippen LogP) is 2.30. The molecule has 1 aromatic carbocycles. The molecule has 7 heteroatoms. The molecule has 0 saturated carbocycles. The molecule has 0 spiro atoms. The summed E-state index contributed by atoms with van der Waals surface area (Å²) in [5.41, 5.74) is 0.644. The smallest absolute Gasteiger partial charge is 0.320 e. The van der Waals surface area contributed by atoms with Crippen LogP contribution in [0.4, 0.5) is 5.69 Å². The van der Waals surface area contributed by atoms with Crippen LogP contribution in [0.15, 0.2) is 18.2 Å². The largest absolute Gasteiger partial charge is 0.480 e. The predicted molar refractivity (Wildman–Crippen MR) is 69.2 cm³/mol. The molecule has 2 rings (SSSR count). The van der Waals surface area contributed by atoms with Crippen molar-refractivity contribution in [2.24, 2.45) is 0 Å². The van der Waals surface area contributed by atoms with Crippen LogP contribution in [0.3, 0.4) is 0 Å². The van der Waals surface area contributed by atoms with E-state index in [9.17, 15) is 14.9 Å². The molecule has 102 valence electrons. The minimum Gasteiger partial charge on any atom is -0.480 e. The van der Waals surface area contributed by atoms with Crippen molar-refractivity contribution in [3.05, 3.63) is 38.9 Å². The zero-order valence-corrected chi connectivity index (χ0v) is 10.8. The van der Waals surface area contributed by atoms with E-state index in [0.29, 0.717) is 19.5 Å². The summed E-state index contributed by atoms with van der Waals surface area (Å²) in [6, 6.07) is 4.01. The Labute approximate surface area is 114 Å². The fourth-order valence-electron chi connectivity index (χ4n) is 2.33. The highest BCUT2D eigenvalue weighted by Gasteiger charge is 2.30. The molecule has 1 aromatic rings. The van der Waals surface area contributed by atoms with Crippen LogP contribution >= 0.6 is 11.6 Å². The van der Waals surface area contributed by atoms with Crippen LogP contribution in [-0.4, -0.2) is 33.5 Å². The number of nitro groups is 1. The van der Waals surface area contributed by atoms with Crippen LogP contribution in [0.25, 0.3) is 0 Å². The quantitative estimate of drug-likeness (QED) is 0.677. The first-order valence-electron chi connectivity index (χ1n) is 5.88. The van der Waals surface area contributed by atoms with Crippen LogP contribution < -0.4 is 0 Å². The fourth-order valence-corrected chi connectivity index (χ4v) is 2.60. The van der Waals surface area contributed by atoms with Gasteiger partial charge in [-0.05, 0) is 31.0 Å². The molecular formula is C12H13ClN2O4. The van der Waals surface area contributed by atoms with Crippen molar-refractivity contribution < 1.29 is 14.8 Å². The van der Waals surface area contributed by atoms with Crippen molar-refractivity contribution in [3.63, 3.8) is 0 Å². The van der Waals surface area contributed by atoms with Gasteiger partial charge in [0, 0.05) is 12.6 Å². The van der Waals surface area contributed by atoms with Gasteiger partial charge in [-0.1, -0.05) is 17.7 Å². The van der Waals surface area contributed by atoms with E-state index in [1.165, 1.54) is 12.1 Å². The van der Waals surface area contributed by atoms with Crippen LogP contribution in [0.5, 0.6) is 0 Å². The summed E-state index contributed by atoms with van der Waals surface area (Å²) >= 11 is 5.83. The molecular weight excluding hydrogens is 272 g/mol. The van der Waals surface area contributed by atoms with Crippen molar-refractivity contribution in [2.75, 3.05) is 6.54 Å². The van der Waals surface area contributed by atoms with E-state index in [1.54, 1.807) is 6.07 Å². The number of rotatable bonds is 4. The molecule has 0 radical (unpaired) electrons. The second kappa shape index (κ2) is 5.54. The molecule has 1 aliphatic rings. The first-order chi connectivity index (χ1) is 8.99. The third kappa shape index (κ3) is 3.02. The van der Waals surface area contributed by atoms with Crippen molar-refractivity contribution in [3.8, 4) is 0 Å². The average Bonchev–Trinajstić information content (AvgIpc) is 2.76. The van der Waals surface area contributed by atoms with Crippen LogP contribution in [0, 0.1) is 10.1 Å². The van der Waals surface area contributed by atoms with E-state index in [0.717, 1.165) is 12.0 Å². The lowest BCUT2D eigenvalue weighted by Gasteiger charge is -2.20. The first kappa shape index (κ1) is 13.8. The number of hydrogen-bond acceptors (Lipinski definition) is 4. The second-order valence-corrected chi connectivity index (χ2v) is 4.92. The summed E-state index contributed by atoms with van der Waals surface area (Å²) in [7, 11) is 0. The van der Waals surface area contributed by atoms with Gasteiger partial charge in [0.05, 0.1) is 4.92 Å². The van der Waals surface area contributed by atoms with E-state index in [-0.39, 0.29) is 10.7 Å². The third-order valence-corrected chi connectivity index (χ3v) is 3.55. The monoisotopic (exact) mass is 284 g/mol. The molecule has 1 atom stereocenters. The lowest BCUT2D eigenvalue weighted by atomic mass is 10.1. The molecule has 0 aliphatic carbocycles. The van der Waals surface area contributed by atoms with Gasteiger partial charge in [-0.25, -0.2) is 0 Å². The van der Waals surface area contributed by atoms with Gasteiger partial charge in [0.2, 0.25) is 0 Å². The molecule has 0 amide bonds. The fraction of sp³-hybridized carbons (Fsp3) is 0.417. The van der Waals surface area contributed by atoms with Gasteiger partial charge in [0.15, 0.2) is 0 Å². The number of likely N-dealkylation sites (tertiary alicyclic amines) is 1. The van der Waals surface area contributed by atoms with Gasteiger partial charge in [0.25, 0.3) is 5.69 Å². The lowest BCUT2D eigenvalue weighted by Crippen LogP contribution is -2.35. The molecule has 1 fully saturated rings. The molecule has 1 saturated heterocycles. The topological polar surface area (TPSA) is 83.7 Å². The number of nitrogens with zero attached hydrogens (tertiary/aromatic N) is 2. The second-order valence-electron chi connectivity index (χ2n) is 4.51. The number of halogens is 1. The number of benzene rings is 1. The molecule has 0 unspecified atom stereocenters. The Morgan fingerprint density at radius 2 is 2.32 bits per heavy atom. The Hall–Kier alpha value is -1.66. The molecule has 1 aliphatic heterocycles. The Bertz CT molecular complexity index is 520. The first-order valence-corrected chi connectivity index (χ1v) is 6.26. The minimum atomic E-state index is -0.828. The third-order valence-electron chi connectivity index (χ3n) is 3.24. The maximum atomic E-state index is 11.1. The van der Waals surface area contributed by atoms with Gasteiger partial charge in [-0.2, -0.15) is 0 Å². The lowest BCUT2D eigenvalue weighted by molar-refractivity contribution is -0.384. The van der Waals surface area contributed by atoms with E-state index < -0.39 is 16.9 Å². The molecule has 0 bridgehead atoms. The molecule has 19 heavy (non-hydrogen) atoms. The SMILES string of the molecule is O=C(O)[C@@H]1CCCN1Cc1ccc([N+](=O)[O-])c(Cl)c1. The van der Waals surface area contributed by atoms with E-state index >= 15 is 0 Å². The molecule has 6 nitrogen and oxygen atoms in total. The maximum absolute atomic E-state index is 11.1. The summed E-state index contributed by atoms with van der Waals surface area (Å²) < 4.78 is 0. The summed E-state index contributed by atoms with van der Waals surface area (Å²) in [5, 5.41) is 19.8. The molecule has 0 aromatic heterocycles. The normalized spacial score (nSPS) is 19.5. The summed E-state index contributed by atoms with van der Waals surface area (Å²) in [6.45, 7) is 1.15. The number of hydrogen-bond donors (Lipinski definition) is 1. The Kier molecular flexibility index (Phi) is 4.01. The summed E-state index contributed by atoms with van der Waals surface area (Å²) in [4.78, 5) is 23.0. The van der Waals surface area contributed by atoms with Crippen molar-refractivity contribution >= 4 is 23.3 Å². The number of aliphatic carboxylic acids is 1. The number of carboxylic acid groups (broad SMARTS) is 1. The Morgan fingerprint density at radius 3 is 2.89 bits per heavy atom. The average molecular weight is 285 g/mol. The van der Waals surface area contributed by atoms with Gasteiger partial charge in [-0.15, -0.1) is 0 Å². The molecule has 1 N–H and O–H groups in total. The standard InChI is InChI=1S/C12H13ClN2O4/c13-9-6-8(3-4-10(9)15(18)19)7-14-5-1-2-11(14)12(16)17/h3-4,6,11H,1-2,5,7H2,(H,16,17)/t11-/m0/s1. The zero-order valence-electron chi connectivity index (χ0n) is 10.1. The van der Waals surface area contributed by atoms with Gasteiger partial charge < -0.3 is 5.11 Å². The molecule has 1 heterocycles. The van der Waals surface area contributed by atoms with E-state index in [4.69, 9.17) is 16.7 Å². The van der Waals surface area contributed by atoms with Crippen molar-refractivity contribution in [1.29, 1.82) is 0 Å². The Morgan fingerprint density at radius 1 is 1.58 bits per heavy atom. The minimum absolute atomic E-state index is 0.0774. The van der Waals surface area contributed by atoms with Crippen LogP contribution in [-0.2, 0) is 11.3 Å². The van der Waals surface area contributed by atoms with Gasteiger partial charge in [-0.3, -0.25) is 19.8 Å². The van der Waals surface area contributed by atoms with Crippen molar-refractivity contribution in [1.82, 2.24) is 4.90 Å². The van der Waals surface area contributed by atoms with Gasteiger partial charge >= 0.3 is 5.97 Å². The summed E-state index contributed by atoms with van der Waals surface area (Å²) in [6.07, 6.45) is 1.48. The maximum Gasteiger partial charge on any atom is 0.320 e. The number of carbonyl (C=O) groups is 1. The highest BCUT2D eigenvalue weighted by molar-refractivity contribution is 6.32. The number of carboxylic acids is 1. The van der Waals surface area contributed by atoms with Crippen LogP contribution in [0.2, 0.25) is 5.02 Å². The van der Waals surface area contributed by atoms with Crippen LogP contribution in [0.1, 0.15) is 18.4 Å². The Balaban J connectivity index is 2.13. The summed E-state index contributed by atoms with van der Waals surface area (Å²) in [5.74, 6) is -0.828.